The highest BCUT2D eigenvalue weighted by molar-refractivity contribution is 7.89. The molecular formula is C38H47N3O8S. The van der Waals surface area contributed by atoms with Gasteiger partial charge in [-0.05, 0) is 73.2 Å². The zero-order valence-corrected chi connectivity index (χ0v) is 30.6. The predicted octanol–water partition coefficient (Wildman–Crippen LogP) is 5.72. The SMILES string of the molecule is COc1ccc(S(=O)(=O)N(CC(C)C)C[C@@H](O)[C@@H](CC(=O)c2cc(OC)cc(C(=O)N(C)Cc3nc(C)oc3C)c2)Cc2ccccc2)cc1. The van der Waals surface area contributed by atoms with Crippen LogP contribution in [0.2, 0.25) is 0 Å². The van der Waals surface area contributed by atoms with Crippen LogP contribution in [0.4, 0.5) is 0 Å². The molecule has 1 heterocycles. The fourth-order valence-corrected chi connectivity index (χ4v) is 7.41. The van der Waals surface area contributed by atoms with Crippen molar-refractivity contribution in [3.8, 4) is 11.5 Å². The molecule has 0 bridgehead atoms. The van der Waals surface area contributed by atoms with E-state index >= 15 is 0 Å². The van der Waals surface area contributed by atoms with Gasteiger partial charge in [0, 0.05) is 44.6 Å². The lowest BCUT2D eigenvalue weighted by Crippen LogP contribution is -2.43. The van der Waals surface area contributed by atoms with E-state index in [4.69, 9.17) is 13.9 Å². The maximum absolute atomic E-state index is 14.0. The summed E-state index contributed by atoms with van der Waals surface area (Å²) >= 11 is 0. The summed E-state index contributed by atoms with van der Waals surface area (Å²) in [4.78, 5) is 33.4. The molecule has 0 aliphatic heterocycles. The van der Waals surface area contributed by atoms with Crippen molar-refractivity contribution in [3.63, 3.8) is 0 Å². The van der Waals surface area contributed by atoms with Gasteiger partial charge in [-0.25, -0.2) is 13.4 Å². The molecule has 0 saturated carbocycles. The Morgan fingerprint density at radius 3 is 2.12 bits per heavy atom. The van der Waals surface area contributed by atoms with Gasteiger partial charge in [-0.2, -0.15) is 4.31 Å². The quantitative estimate of drug-likeness (QED) is 0.137. The van der Waals surface area contributed by atoms with Crippen LogP contribution in [0.3, 0.4) is 0 Å². The number of oxazole rings is 1. The van der Waals surface area contributed by atoms with Crippen molar-refractivity contribution in [2.24, 2.45) is 11.8 Å². The summed E-state index contributed by atoms with van der Waals surface area (Å²) in [6.07, 6.45) is -0.985. The van der Waals surface area contributed by atoms with Gasteiger partial charge in [0.1, 0.15) is 23.0 Å². The highest BCUT2D eigenvalue weighted by Gasteiger charge is 2.32. The molecule has 0 spiro atoms. The first-order chi connectivity index (χ1) is 23.7. The Morgan fingerprint density at radius 1 is 0.900 bits per heavy atom. The molecule has 0 radical (unpaired) electrons. The predicted molar refractivity (Wildman–Crippen MR) is 190 cm³/mol. The summed E-state index contributed by atoms with van der Waals surface area (Å²) in [7, 11) is 0.605. The van der Waals surface area contributed by atoms with Gasteiger partial charge in [-0.15, -0.1) is 0 Å². The summed E-state index contributed by atoms with van der Waals surface area (Å²) < 4.78 is 45.1. The Labute approximate surface area is 294 Å². The van der Waals surface area contributed by atoms with Crippen LogP contribution < -0.4 is 9.47 Å². The minimum atomic E-state index is -4.00. The number of hydrogen-bond acceptors (Lipinski definition) is 9. The number of ketones is 1. The molecule has 0 unspecified atom stereocenters. The maximum atomic E-state index is 14.0. The second kappa shape index (κ2) is 16.9. The fourth-order valence-electron chi connectivity index (χ4n) is 5.79. The number of methoxy groups -OCH3 is 2. The number of aliphatic hydroxyl groups is 1. The Balaban J connectivity index is 1.61. The zero-order valence-electron chi connectivity index (χ0n) is 29.8. The number of sulfonamides is 1. The molecule has 12 heteroatoms. The topological polar surface area (TPSA) is 139 Å². The Bertz CT molecular complexity index is 1860. The second-order valence-corrected chi connectivity index (χ2v) is 14.8. The van der Waals surface area contributed by atoms with E-state index in [1.54, 1.807) is 45.2 Å². The third kappa shape index (κ3) is 9.80. The largest absolute Gasteiger partial charge is 0.497 e. The molecule has 0 aliphatic rings. The normalized spacial score (nSPS) is 12.9. The summed E-state index contributed by atoms with van der Waals surface area (Å²) in [6, 6.07) is 20.2. The van der Waals surface area contributed by atoms with Crippen molar-refractivity contribution in [2.45, 2.75) is 58.1 Å². The van der Waals surface area contributed by atoms with E-state index in [2.05, 4.69) is 4.98 Å². The number of aryl methyl sites for hydroxylation is 2. The summed E-state index contributed by atoms with van der Waals surface area (Å²) in [5, 5.41) is 11.7. The van der Waals surface area contributed by atoms with E-state index in [1.165, 1.54) is 41.6 Å². The van der Waals surface area contributed by atoms with Crippen LogP contribution in [-0.2, 0) is 23.0 Å². The number of amides is 1. The van der Waals surface area contributed by atoms with Crippen molar-refractivity contribution < 1.29 is 37.0 Å². The fraction of sp³-hybridized carbons (Fsp3) is 0.395. The van der Waals surface area contributed by atoms with Crippen LogP contribution in [0.15, 0.2) is 82.1 Å². The summed E-state index contributed by atoms with van der Waals surface area (Å²) in [5.41, 5.74) is 2.02. The number of rotatable bonds is 17. The molecule has 1 aromatic heterocycles. The standard InChI is InChI=1S/C38H47N3O8S/c1-25(2)22-41(50(45,46)34-15-13-32(47-6)14-16-34)24-37(43)29(17-28-11-9-8-10-12-28)21-36(42)30-18-31(20-33(19-30)48-7)38(44)40(5)23-35-26(3)49-27(4)39-35/h8-16,18-20,25,29,37,43H,17,21-24H2,1-7H3/t29-,37-/m1/s1. The molecule has 50 heavy (non-hydrogen) atoms. The molecule has 0 saturated heterocycles. The number of nitrogens with zero attached hydrogens (tertiary/aromatic N) is 3. The first-order valence-electron chi connectivity index (χ1n) is 16.5. The highest BCUT2D eigenvalue weighted by Crippen LogP contribution is 2.27. The van der Waals surface area contributed by atoms with Crippen LogP contribution in [-0.4, -0.2) is 79.9 Å². The van der Waals surface area contributed by atoms with Gasteiger partial charge in [-0.3, -0.25) is 9.59 Å². The second-order valence-electron chi connectivity index (χ2n) is 12.9. The minimum Gasteiger partial charge on any atom is -0.497 e. The average Bonchev–Trinajstić information content (AvgIpc) is 3.42. The van der Waals surface area contributed by atoms with Crippen LogP contribution in [0.1, 0.15) is 63.9 Å². The Kier molecular flexibility index (Phi) is 13.0. The average molecular weight is 706 g/mol. The van der Waals surface area contributed by atoms with Gasteiger partial charge in [0.2, 0.25) is 10.0 Å². The first-order valence-corrected chi connectivity index (χ1v) is 17.9. The van der Waals surface area contributed by atoms with Gasteiger partial charge in [0.25, 0.3) is 5.91 Å². The summed E-state index contributed by atoms with van der Waals surface area (Å²) in [6.45, 7) is 7.49. The Hall–Kier alpha value is -4.52. The summed E-state index contributed by atoms with van der Waals surface area (Å²) in [5.74, 6) is 0.624. The van der Waals surface area contributed by atoms with Gasteiger partial charge >= 0.3 is 0 Å². The van der Waals surface area contributed by atoms with E-state index in [-0.39, 0.29) is 59.7 Å². The Morgan fingerprint density at radius 2 is 1.54 bits per heavy atom. The van der Waals surface area contributed by atoms with Crippen molar-refractivity contribution in [2.75, 3.05) is 34.4 Å². The van der Waals surface area contributed by atoms with E-state index in [1.807, 2.05) is 44.2 Å². The van der Waals surface area contributed by atoms with Crippen LogP contribution in [0.25, 0.3) is 0 Å². The van der Waals surface area contributed by atoms with Crippen molar-refractivity contribution in [1.29, 1.82) is 0 Å². The zero-order chi connectivity index (χ0) is 36.6. The number of Topliss-reactive ketones (excluding diaryl/α,β-unsaturated/α-hetero) is 1. The number of aliphatic hydroxyl groups excluding tert-OH is 1. The van der Waals surface area contributed by atoms with E-state index in [9.17, 15) is 23.1 Å². The van der Waals surface area contributed by atoms with Crippen LogP contribution >= 0.6 is 0 Å². The maximum Gasteiger partial charge on any atom is 0.254 e. The molecule has 4 aromatic rings. The highest BCUT2D eigenvalue weighted by atomic mass is 32.2. The number of hydrogen-bond donors (Lipinski definition) is 1. The molecule has 4 rings (SSSR count). The third-order valence-electron chi connectivity index (χ3n) is 8.43. The van der Waals surface area contributed by atoms with E-state index < -0.39 is 22.0 Å². The lowest BCUT2D eigenvalue weighted by atomic mass is 9.87. The van der Waals surface area contributed by atoms with Gasteiger partial charge in [-0.1, -0.05) is 44.2 Å². The van der Waals surface area contributed by atoms with Crippen LogP contribution in [0.5, 0.6) is 11.5 Å². The lowest BCUT2D eigenvalue weighted by molar-refractivity contribution is 0.0689. The van der Waals surface area contributed by atoms with Gasteiger partial charge < -0.3 is 23.9 Å². The smallest absolute Gasteiger partial charge is 0.254 e. The lowest BCUT2D eigenvalue weighted by Gasteiger charge is -2.30. The molecule has 3 aromatic carbocycles. The van der Waals surface area contributed by atoms with Gasteiger partial charge in [0.15, 0.2) is 11.7 Å². The van der Waals surface area contributed by atoms with Crippen molar-refractivity contribution >= 4 is 21.7 Å². The molecular weight excluding hydrogens is 658 g/mol. The monoisotopic (exact) mass is 705 g/mol. The number of carbonyl (C=O) groups excluding carboxylic acids is 2. The number of carbonyl (C=O) groups is 2. The third-order valence-corrected chi connectivity index (χ3v) is 10.3. The molecule has 1 amide bonds. The minimum absolute atomic E-state index is 0.0347. The molecule has 0 aliphatic carbocycles. The van der Waals surface area contributed by atoms with E-state index in [0.29, 0.717) is 35.3 Å². The van der Waals surface area contributed by atoms with E-state index in [0.717, 1.165) is 5.56 Å². The first kappa shape index (κ1) is 38.3. The molecule has 2 atom stereocenters. The van der Waals surface area contributed by atoms with Crippen LogP contribution in [0, 0.1) is 25.7 Å². The number of aromatic nitrogens is 1. The number of benzene rings is 3. The molecule has 11 nitrogen and oxygen atoms in total. The van der Waals surface area contributed by atoms with Crippen molar-refractivity contribution in [1.82, 2.24) is 14.2 Å². The molecule has 0 fully saturated rings. The molecule has 1 N–H and O–H groups in total. The number of ether oxygens (including phenoxy) is 2. The molecule has 268 valence electrons. The van der Waals surface area contributed by atoms with Crippen molar-refractivity contribution in [3.05, 3.63) is 107 Å². The van der Waals surface area contributed by atoms with Gasteiger partial charge in [0.05, 0.1) is 31.8 Å².